The van der Waals surface area contributed by atoms with Gasteiger partial charge in [0, 0.05) is 36.5 Å². The largest absolute Gasteiger partial charge is 0.496 e. The molecular formula is C25H25N3O3. The van der Waals surface area contributed by atoms with Gasteiger partial charge in [0.2, 0.25) is 0 Å². The summed E-state index contributed by atoms with van der Waals surface area (Å²) in [5, 5.41) is 0. The topological polar surface area (TPSA) is 70.7 Å². The summed E-state index contributed by atoms with van der Waals surface area (Å²) in [5.74, 6) is -0.191. The predicted molar refractivity (Wildman–Crippen MR) is 124 cm³/mol. The molecule has 0 atom stereocenters. The van der Waals surface area contributed by atoms with Crippen LogP contribution in [0.25, 0.3) is 11.6 Å². The highest BCUT2D eigenvalue weighted by atomic mass is 16.5. The summed E-state index contributed by atoms with van der Waals surface area (Å²) in [5.41, 5.74) is 8.23. The lowest BCUT2D eigenvalue weighted by molar-refractivity contribution is -0.116. The van der Waals surface area contributed by atoms with E-state index in [0.29, 0.717) is 16.9 Å². The molecule has 2 N–H and O–H groups in total. The normalized spacial score (nSPS) is 10.9. The van der Waals surface area contributed by atoms with Crippen LogP contribution in [0.4, 0.5) is 5.69 Å². The van der Waals surface area contributed by atoms with Crippen LogP contribution in [0.1, 0.15) is 21.5 Å². The van der Waals surface area contributed by atoms with Gasteiger partial charge in [0.25, 0.3) is 11.8 Å². The lowest BCUT2D eigenvalue weighted by Crippen LogP contribution is -2.42. The first-order valence-corrected chi connectivity index (χ1v) is 9.78. The van der Waals surface area contributed by atoms with Gasteiger partial charge in [-0.2, -0.15) is 0 Å². The van der Waals surface area contributed by atoms with Crippen molar-refractivity contribution in [2.45, 2.75) is 0 Å². The first kappa shape index (κ1) is 21.6. The Kier molecular flexibility index (Phi) is 7.06. The molecule has 0 aromatic heterocycles. The van der Waals surface area contributed by atoms with E-state index in [1.165, 1.54) is 0 Å². The molecule has 0 aliphatic carbocycles. The zero-order chi connectivity index (χ0) is 22.2. The summed E-state index contributed by atoms with van der Waals surface area (Å²) in [6, 6.07) is 23.8. The fourth-order valence-corrected chi connectivity index (χ4v) is 3.02. The molecule has 3 rings (SSSR count). The maximum Gasteiger partial charge on any atom is 0.270 e. The molecule has 0 radical (unpaired) electrons. The number of amides is 2. The number of hydrazine groups is 1. The van der Waals surface area contributed by atoms with Crippen molar-refractivity contribution in [1.82, 2.24) is 10.9 Å². The highest BCUT2D eigenvalue weighted by Crippen LogP contribution is 2.24. The number of anilines is 1. The van der Waals surface area contributed by atoms with E-state index in [4.69, 9.17) is 4.74 Å². The first-order valence-electron chi connectivity index (χ1n) is 9.78. The monoisotopic (exact) mass is 415 g/mol. The van der Waals surface area contributed by atoms with Crippen molar-refractivity contribution in [1.29, 1.82) is 0 Å². The molecule has 0 saturated heterocycles. The highest BCUT2D eigenvalue weighted by Gasteiger charge is 2.15. The third-order valence-corrected chi connectivity index (χ3v) is 4.68. The Bertz CT molecular complexity index is 1090. The third kappa shape index (κ3) is 5.51. The molecule has 0 aliphatic rings. The molecule has 31 heavy (non-hydrogen) atoms. The molecule has 3 aromatic carbocycles. The van der Waals surface area contributed by atoms with Crippen molar-refractivity contribution in [3.8, 4) is 5.75 Å². The quantitative estimate of drug-likeness (QED) is 0.365. The molecule has 158 valence electrons. The van der Waals surface area contributed by atoms with Gasteiger partial charge in [-0.25, -0.2) is 0 Å². The minimum atomic E-state index is -0.436. The van der Waals surface area contributed by atoms with Crippen LogP contribution in [0.5, 0.6) is 5.75 Å². The minimum Gasteiger partial charge on any atom is -0.496 e. The summed E-state index contributed by atoms with van der Waals surface area (Å²) >= 11 is 0. The van der Waals surface area contributed by atoms with E-state index >= 15 is 0 Å². The summed E-state index contributed by atoms with van der Waals surface area (Å²) < 4.78 is 5.40. The number of methoxy groups -OCH3 is 1. The summed E-state index contributed by atoms with van der Waals surface area (Å²) in [6.45, 7) is 0. The van der Waals surface area contributed by atoms with Crippen LogP contribution in [-0.4, -0.2) is 33.0 Å². The van der Waals surface area contributed by atoms with Crippen LogP contribution < -0.4 is 20.5 Å². The molecule has 0 unspecified atom stereocenters. The van der Waals surface area contributed by atoms with Crippen molar-refractivity contribution < 1.29 is 14.3 Å². The number of rotatable bonds is 6. The van der Waals surface area contributed by atoms with Crippen LogP contribution in [0.2, 0.25) is 0 Å². The van der Waals surface area contributed by atoms with Crippen molar-refractivity contribution >= 4 is 29.2 Å². The molecule has 0 heterocycles. The summed E-state index contributed by atoms with van der Waals surface area (Å²) in [7, 11) is 5.37. The van der Waals surface area contributed by atoms with Gasteiger partial charge in [-0.15, -0.1) is 0 Å². The molecule has 6 nitrogen and oxygen atoms in total. The Morgan fingerprint density at radius 3 is 2.23 bits per heavy atom. The average molecular weight is 415 g/mol. The SMILES string of the molecule is COc1ccccc1/C=C(/C(=O)NNC(=O)c1cccc(N(C)C)c1)c1ccccc1. The van der Waals surface area contributed by atoms with E-state index in [2.05, 4.69) is 10.9 Å². The first-order chi connectivity index (χ1) is 15.0. The Labute approximate surface area is 182 Å². The number of carbonyl (C=O) groups is 2. The van der Waals surface area contributed by atoms with E-state index in [9.17, 15) is 9.59 Å². The Balaban J connectivity index is 1.83. The van der Waals surface area contributed by atoms with E-state index in [0.717, 1.165) is 16.8 Å². The molecule has 0 spiro atoms. The molecule has 2 amide bonds. The summed E-state index contributed by atoms with van der Waals surface area (Å²) in [6.07, 6.45) is 1.74. The molecular weight excluding hydrogens is 390 g/mol. The smallest absolute Gasteiger partial charge is 0.270 e. The zero-order valence-corrected chi connectivity index (χ0v) is 17.8. The maximum atomic E-state index is 13.0. The average Bonchev–Trinajstić information content (AvgIpc) is 2.81. The van der Waals surface area contributed by atoms with Gasteiger partial charge in [0.05, 0.1) is 7.11 Å². The zero-order valence-electron chi connectivity index (χ0n) is 17.8. The Hall–Kier alpha value is -4.06. The fraction of sp³-hybridized carbons (Fsp3) is 0.120. The standard InChI is InChI=1S/C25H25N3O3/c1-28(2)21-14-9-13-20(16-21)24(29)26-27-25(30)22(18-10-5-4-6-11-18)17-19-12-7-8-15-23(19)31-3/h4-17H,1-3H3,(H,26,29)(H,27,30)/b22-17+. The Morgan fingerprint density at radius 1 is 0.839 bits per heavy atom. The van der Waals surface area contributed by atoms with Gasteiger partial charge in [0.1, 0.15) is 5.75 Å². The lowest BCUT2D eigenvalue weighted by atomic mass is 10.0. The van der Waals surface area contributed by atoms with Crippen molar-refractivity contribution in [2.24, 2.45) is 0 Å². The van der Waals surface area contributed by atoms with Gasteiger partial charge < -0.3 is 9.64 Å². The molecule has 0 aliphatic heterocycles. The number of carbonyl (C=O) groups excluding carboxylic acids is 2. The van der Waals surface area contributed by atoms with Crippen LogP contribution in [0.15, 0.2) is 78.9 Å². The van der Waals surface area contributed by atoms with E-state index in [1.54, 1.807) is 31.4 Å². The second kappa shape index (κ2) is 10.1. The number of hydrogen-bond donors (Lipinski definition) is 2. The minimum absolute atomic E-state index is 0.396. The fourth-order valence-electron chi connectivity index (χ4n) is 3.02. The van der Waals surface area contributed by atoms with E-state index < -0.39 is 11.8 Å². The number of nitrogens with zero attached hydrogens (tertiary/aromatic N) is 1. The van der Waals surface area contributed by atoms with Gasteiger partial charge in [-0.1, -0.05) is 54.6 Å². The molecule has 0 fully saturated rings. The van der Waals surface area contributed by atoms with Gasteiger partial charge in [-0.3, -0.25) is 20.4 Å². The number of hydrogen-bond acceptors (Lipinski definition) is 4. The van der Waals surface area contributed by atoms with Crippen LogP contribution in [-0.2, 0) is 4.79 Å². The number of nitrogens with one attached hydrogen (secondary N) is 2. The number of benzene rings is 3. The van der Waals surface area contributed by atoms with Gasteiger partial charge in [0.15, 0.2) is 0 Å². The molecule has 3 aromatic rings. The predicted octanol–water partition coefficient (Wildman–Crippen LogP) is 3.76. The molecule has 0 saturated carbocycles. The summed E-state index contributed by atoms with van der Waals surface area (Å²) in [4.78, 5) is 27.5. The highest BCUT2D eigenvalue weighted by molar-refractivity contribution is 6.24. The lowest BCUT2D eigenvalue weighted by Gasteiger charge is -2.14. The second-order valence-electron chi connectivity index (χ2n) is 7.02. The van der Waals surface area contributed by atoms with Gasteiger partial charge >= 0.3 is 0 Å². The van der Waals surface area contributed by atoms with Crippen LogP contribution in [0, 0.1) is 0 Å². The third-order valence-electron chi connectivity index (χ3n) is 4.68. The van der Waals surface area contributed by atoms with Crippen LogP contribution in [0.3, 0.4) is 0 Å². The van der Waals surface area contributed by atoms with Crippen molar-refractivity contribution in [2.75, 3.05) is 26.1 Å². The van der Waals surface area contributed by atoms with Crippen molar-refractivity contribution in [3.05, 3.63) is 95.6 Å². The van der Waals surface area contributed by atoms with Crippen LogP contribution >= 0.6 is 0 Å². The van der Waals surface area contributed by atoms with E-state index in [1.807, 2.05) is 79.7 Å². The molecule has 0 bridgehead atoms. The second-order valence-corrected chi connectivity index (χ2v) is 7.02. The number of ether oxygens (including phenoxy) is 1. The number of para-hydroxylation sites is 1. The van der Waals surface area contributed by atoms with E-state index in [-0.39, 0.29) is 0 Å². The van der Waals surface area contributed by atoms with Crippen molar-refractivity contribution in [3.63, 3.8) is 0 Å². The van der Waals surface area contributed by atoms with Gasteiger partial charge in [-0.05, 0) is 35.9 Å². The molecule has 6 heteroatoms. The Morgan fingerprint density at radius 2 is 1.52 bits per heavy atom. The maximum absolute atomic E-state index is 13.0.